The van der Waals surface area contributed by atoms with Crippen LogP contribution in [0.15, 0.2) is 60.2 Å². The summed E-state index contributed by atoms with van der Waals surface area (Å²) in [4.78, 5) is 33.2. The summed E-state index contributed by atoms with van der Waals surface area (Å²) in [5.74, 6) is -0.798. The number of hydrogen-bond donors (Lipinski definition) is 1. The summed E-state index contributed by atoms with van der Waals surface area (Å²) in [6.45, 7) is 3.77. The molecule has 0 bridgehead atoms. The Labute approximate surface area is 204 Å². The molecule has 0 saturated carbocycles. The third-order valence-electron chi connectivity index (χ3n) is 4.83. The molecule has 1 N–H and O–H groups in total. The minimum Gasteiger partial charge on any atom is -0.449 e. The van der Waals surface area contributed by atoms with Crippen LogP contribution in [0.2, 0.25) is 5.02 Å². The number of ether oxygens (including phenoxy) is 1. The Hall–Kier alpha value is -4.75. The molecule has 11 heteroatoms. The van der Waals surface area contributed by atoms with Crippen LogP contribution in [0.3, 0.4) is 0 Å². The predicted molar refractivity (Wildman–Crippen MR) is 129 cm³/mol. The molecular formula is C24H17ClN4O6. The summed E-state index contributed by atoms with van der Waals surface area (Å²) in [5, 5.41) is 34.4. The van der Waals surface area contributed by atoms with Crippen molar-refractivity contribution in [3.05, 3.63) is 102 Å². The Morgan fingerprint density at radius 3 is 2.34 bits per heavy atom. The van der Waals surface area contributed by atoms with E-state index >= 15 is 0 Å². The number of halogens is 1. The van der Waals surface area contributed by atoms with Gasteiger partial charge in [-0.25, -0.2) is 0 Å². The number of rotatable bonds is 7. The maximum atomic E-state index is 12.6. The fourth-order valence-corrected chi connectivity index (χ4v) is 3.34. The van der Waals surface area contributed by atoms with Crippen molar-refractivity contribution in [3.8, 4) is 17.6 Å². The molecule has 0 radical (unpaired) electrons. The number of carbonyl (C=O) groups excluding carboxylic acids is 1. The lowest BCUT2D eigenvalue weighted by Crippen LogP contribution is -2.14. The van der Waals surface area contributed by atoms with Crippen LogP contribution in [0.25, 0.3) is 6.08 Å². The zero-order chi connectivity index (χ0) is 25.7. The SMILES string of the molecule is Cc1ccc(NC(=O)/C(C#N)=C/c2ccc(Oc3ccc([N+](=O)[O-])cc3[N+](=O)[O-])c(Cl)c2)c(C)c1. The average Bonchev–Trinajstić information content (AvgIpc) is 2.80. The van der Waals surface area contributed by atoms with Crippen molar-refractivity contribution in [1.29, 1.82) is 5.26 Å². The molecule has 0 unspecified atom stereocenters. The highest BCUT2D eigenvalue weighted by Crippen LogP contribution is 2.37. The van der Waals surface area contributed by atoms with Crippen LogP contribution in [-0.2, 0) is 4.79 Å². The molecule has 0 heterocycles. The summed E-state index contributed by atoms with van der Waals surface area (Å²) in [6, 6.07) is 14.6. The minimum atomic E-state index is -0.805. The number of nitro groups is 2. The molecule has 0 fully saturated rings. The Balaban J connectivity index is 1.84. The first-order valence-corrected chi connectivity index (χ1v) is 10.4. The van der Waals surface area contributed by atoms with Crippen LogP contribution in [-0.4, -0.2) is 15.8 Å². The molecule has 3 aromatic rings. The quantitative estimate of drug-likeness (QED) is 0.181. The molecule has 0 aromatic heterocycles. The van der Waals surface area contributed by atoms with Crippen LogP contribution < -0.4 is 10.1 Å². The number of nitrogens with zero attached hydrogens (tertiary/aromatic N) is 3. The smallest absolute Gasteiger partial charge is 0.318 e. The van der Waals surface area contributed by atoms with Crippen molar-refractivity contribution in [2.75, 3.05) is 5.32 Å². The maximum absolute atomic E-state index is 12.6. The number of nitrogens with one attached hydrogen (secondary N) is 1. The first kappa shape index (κ1) is 24.9. The Bertz CT molecular complexity index is 1430. The van der Waals surface area contributed by atoms with E-state index in [-0.39, 0.29) is 22.1 Å². The fraction of sp³-hybridized carbons (Fsp3) is 0.0833. The molecule has 1 amide bonds. The molecule has 3 aromatic carbocycles. The minimum absolute atomic E-state index is 0.0403. The van der Waals surface area contributed by atoms with Gasteiger partial charge in [-0.1, -0.05) is 35.4 Å². The highest BCUT2D eigenvalue weighted by Gasteiger charge is 2.22. The Kier molecular flexibility index (Phi) is 7.43. The van der Waals surface area contributed by atoms with Gasteiger partial charge in [-0.2, -0.15) is 5.26 Å². The predicted octanol–water partition coefficient (Wildman–Crippen LogP) is 6.11. The van der Waals surface area contributed by atoms with Crippen molar-refractivity contribution in [1.82, 2.24) is 0 Å². The van der Waals surface area contributed by atoms with Gasteiger partial charge in [0, 0.05) is 11.8 Å². The van der Waals surface area contributed by atoms with Crippen LogP contribution in [0, 0.1) is 45.4 Å². The summed E-state index contributed by atoms with van der Waals surface area (Å²) >= 11 is 6.25. The lowest BCUT2D eigenvalue weighted by molar-refractivity contribution is -0.394. The number of benzene rings is 3. The molecular weight excluding hydrogens is 476 g/mol. The number of nitriles is 1. The van der Waals surface area contributed by atoms with Gasteiger partial charge < -0.3 is 10.1 Å². The first-order chi connectivity index (χ1) is 16.6. The normalized spacial score (nSPS) is 10.9. The van der Waals surface area contributed by atoms with E-state index in [0.717, 1.165) is 29.3 Å². The van der Waals surface area contributed by atoms with Gasteiger partial charge in [0.05, 0.1) is 20.9 Å². The Morgan fingerprint density at radius 2 is 1.74 bits per heavy atom. The standard InChI is InChI=1S/C24H17ClN4O6/c1-14-3-6-20(15(2)9-14)27-24(30)17(13-26)10-16-4-7-22(19(25)11-16)35-23-8-5-18(28(31)32)12-21(23)29(33)34/h3-12H,1-2H3,(H,27,30)/b17-10+. The van der Waals surface area contributed by atoms with Gasteiger partial charge in [0.2, 0.25) is 5.75 Å². The lowest BCUT2D eigenvalue weighted by Gasteiger charge is -2.10. The monoisotopic (exact) mass is 492 g/mol. The number of anilines is 1. The number of aryl methyl sites for hydroxylation is 2. The van der Waals surface area contributed by atoms with Crippen molar-refractivity contribution in [2.45, 2.75) is 13.8 Å². The van der Waals surface area contributed by atoms with Crippen LogP contribution >= 0.6 is 11.6 Å². The van der Waals surface area contributed by atoms with E-state index in [4.69, 9.17) is 16.3 Å². The molecule has 35 heavy (non-hydrogen) atoms. The molecule has 3 rings (SSSR count). The van der Waals surface area contributed by atoms with E-state index in [1.807, 2.05) is 32.0 Å². The van der Waals surface area contributed by atoms with E-state index in [0.29, 0.717) is 11.3 Å². The second-order valence-corrected chi connectivity index (χ2v) is 7.81. The van der Waals surface area contributed by atoms with Crippen LogP contribution in [0.1, 0.15) is 16.7 Å². The fourth-order valence-electron chi connectivity index (χ4n) is 3.12. The summed E-state index contributed by atoms with van der Waals surface area (Å²) in [5.41, 5.74) is 1.64. The van der Waals surface area contributed by atoms with Gasteiger partial charge in [-0.05, 0) is 55.3 Å². The Morgan fingerprint density at radius 1 is 1.03 bits per heavy atom. The topological polar surface area (TPSA) is 148 Å². The lowest BCUT2D eigenvalue weighted by atomic mass is 10.1. The van der Waals surface area contributed by atoms with Crippen molar-refractivity contribution >= 4 is 40.6 Å². The number of carbonyl (C=O) groups is 1. The van der Waals surface area contributed by atoms with E-state index in [9.17, 15) is 30.3 Å². The number of hydrogen-bond acceptors (Lipinski definition) is 7. The van der Waals surface area contributed by atoms with Gasteiger partial charge in [0.15, 0.2) is 0 Å². The van der Waals surface area contributed by atoms with E-state index in [2.05, 4.69) is 5.32 Å². The molecule has 0 aliphatic heterocycles. The summed E-state index contributed by atoms with van der Waals surface area (Å²) in [7, 11) is 0. The van der Waals surface area contributed by atoms with Crippen LogP contribution in [0.5, 0.6) is 11.5 Å². The largest absolute Gasteiger partial charge is 0.449 e. The van der Waals surface area contributed by atoms with Gasteiger partial charge >= 0.3 is 5.69 Å². The second kappa shape index (κ2) is 10.5. The number of amides is 1. The third-order valence-corrected chi connectivity index (χ3v) is 5.13. The van der Waals surface area contributed by atoms with Crippen molar-refractivity contribution in [2.24, 2.45) is 0 Å². The van der Waals surface area contributed by atoms with Crippen molar-refractivity contribution < 1.29 is 19.4 Å². The van der Waals surface area contributed by atoms with E-state index in [1.165, 1.54) is 24.3 Å². The zero-order valence-corrected chi connectivity index (χ0v) is 19.2. The molecule has 0 saturated heterocycles. The molecule has 176 valence electrons. The average molecular weight is 493 g/mol. The van der Waals surface area contributed by atoms with Crippen molar-refractivity contribution in [3.63, 3.8) is 0 Å². The molecule has 0 aliphatic carbocycles. The third kappa shape index (κ3) is 5.98. The molecule has 0 atom stereocenters. The van der Waals surface area contributed by atoms with Crippen LogP contribution in [0.4, 0.5) is 17.1 Å². The first-order valence-electron chi connectivity index (χ1n) is 9.99. The van der Waals surface area contributed by atoms with Gasteiger partial charge in [-0.3, -0.25) is 25.0 Å². The number of non-ortho nitro benzene ring substituents is 1. The van der Waals surface area contributed by atoms with E-state index < -0.39 is 27.1 Å². The maximum Gasteiger partial charge on any atom is 0.318 e. The molecule has 0 aliphatic rings. The highest BCUT2D eigenvalue weighted by molar-refractivity contribution is 6.32. The summed E-state index contributed by atoms with van der Waals surface area (Å²) in [6.07, 6.45) is 1.34. The summed E-state index contributed by atoms with van der Waals surface area (Å²) < 4.78 is 5.51. The second-order valence-electron chi connectivity index (χ2n) is 7.40. The number of nitro benzene ring substituents is 2. The van der Waals surface area contributed by atoms with Gasteiger partial charge in [0.25, 0.3) is 11.6 Å². The van der Waals surface area contributed by atoms with Gasteiger partial charge in [-0.15, -0.1) is 0 Å². The van der Waals surface area contributed by atoms with Gasteiger partial charge in [0.1, 0.15) is 17.4 Å². The zero-order valence-electron chi connectivity index (χ0n) is 18.4. The highest BCUT2D eigenvalue weighted by atomic mass is 35.5. The molecule has 10 nitrogen and oxygen atoms in total. The molecule has 0 spiro atoms. The van der Waals surface area contributed by atoms with E-state index in [1.54, 1.807) is 6.07 Å².